The molecule has 1 aliphatic rings. The summed E-state index contributed by atoms with van der Waals surface area (Å²) in [6, 6.07) is 0. The highest BCUT2D eigenvalue weighted by atomic mass is 32.2. The minimum atomic E-state index is 1.00. The van der Waals surface area contributed by atoms with Gasteiger partial charge in [-0.1, -0.05) is 123 Å². The Bertz CT molecular complexity index is 282. The third-order valence-electron chi connectivity index (χ3n) is 6.55. The molecule has 1 unspecified atom stereocenters. The van der Waals surface area contributed by atoms with E-state index < -0.39 is 0 Å². The largest absolute Gasteiger partial charge is 0.158 e. The van der Waals surface area contributed by atoms with Gasteiger partial charge in [-0.3, -0.25) is 0 Å². The number of rotatable bonds is 19. The first-order chi connectivity index (χ1) is 13.4. The van der Waals surface area contributed by atoms with Gasteiger partial charge in [-0.15, -0.1) is 0 Å². The molecule has 0 spiro atoms. The third-order valence-corrected chi connectivity index (χ3v) is 8.16. The summed E-state index contributed by atoms with van der Waals surface area (Å²) < 4.78 is 0. The smallest absolute Gasteiger partial charge is 0.00471 e. The molecule has 0 nitrogen and oxygen atoms in total. The van der Waals surface area contributed by atoms with E-state index >= 15 is 0 Å². The molecule has 27 heavy (non-hydrogen) atoms. The number of thioether (sulfide) groups is 1. The van der Waals surface area contributed by atoms with E-state index in [0.717, 1.165) is 11.2 Å². The molecule has 1 saturated carbocycles. The van der Waals surface area contributed by atoms with Crippen molar-refractivity contribution in [2.45, 2.75) is 154 Å². The average Bonchev–Trinajstić information content (AvgIpc) is 2.70. The first-order valence-corrected chi connectivity index (χ1v) is 14.0. The lowest BCUT2D eigenvalue weighted by molar-refractivity contribution is 0.435. The zero-order valence-electron chi connectivity index (χ0n) is 19.1. The molecule has 162 valence electrons. The Kier molecular flexibility index (Phi) is 18.5. The van der Waals surface area contributed by atoms with E-state index in [1.54, 1.807) is 0 Å². The highest BCUT2D eigenvalue weighted by Crippen LogP contribution is 2.32. The first kappa shape index (κ1) is 25.4. The summed E-state index contributed by atoms with van der Waals surface area (Å²) >= 11 is 2.35. The highest BCUT2D eigenvalue weighted by molar-refractivity contribution is 7.99. The van der Waals surface area contributed by atoms with Gasteiger partial charge < -0.3 is 0 Å². The molecule has 1 atom stereocenters. The summed E-state index contributed by atoms with van der Waals surface area (Å²) in [5.74, 6) is 2.49. The molecule has 0 aromatic heterocycles. The summed E-state index contributed by atoms with van der Waals surface area (Å²) in [6.45, 7) is 4.64. The zero-order chi connectivity index (χ0) is 19.4. The standard InChI is InChI=1S/C26H52S/c1-3-5-7-9-11-12-14-17-21-25(20-16-13-10-8-6-4-2)24-27-26-22-18-15-19-23-26/h25-26H,3-24H2,1-2H3. The van der Waals surface area contributed by atoms with Crippen LogP contribution < -0.4 is 0 Å². The molecule has 0 aromatic rings. The summed E-state index contributed by atoms with van der Waals surface area (Å²) in [5, 5.41) is 1.00. The van der Waals surface area contributed by atoms with Crippen LogP contribution in [0.25, 0.3) is 0 Å². The molecule has 0 aliphatic heterocycles. The van der Waals surface area contributed by atoms with Crippen molar-refractivity contribution < 1.29 is 0 Å². The Morgan fingerprint density at radius 2 is 1.04 bits per heavy atom. The maximum absolute atomic E-state index is 2.35. The number of hydrogen-bond acceptors (Lipinski definition) is 1. The van der Waals surface area contributed by atoms with E-state index in [9.17, 15) is 0 Å². The van der Waals surface area contributed by atoms with E-state index in [1.165, 1.54) is 141 Å². The molecule has 0 aromatic carbocycles. The fourth-order valence-electron chi connectivity index (χ4n) is 4.60. The van der Waals surface area contributed by atoms with Gasteiger partial charge in [0.15, 0.2) is 0 Å². The predicted molar refractivity (Wildman–Crippen MR) is 128 cm³/mol. The molecular formula is C26H52S. The maximum Gasteiger partial charge on any atom is 0.00471 e. The number of hydrogen-bond donors (Lipinski definition) is 0. The lowest BCUT2D eigenvalue weighted by atomic mass is 9.95. The van der Waals surface area contributed by atoms with Crippen LogP contribution in [0.4, 0.5) is 0 Å². The van der Waals surface area contributed by atoms with Crippen LogP contribution in [0.3, 0.4) is 0 Å². The summed E-state index contributed by atoms with van der Waals surface area (Å²) in [4.78, 5) is 0. The van der Waals surface area contributed by atoms with Gasteiger partial charge in [-0.05, 0) is 37.4 Å². The van der Waals surface area contributed by atoms with E-state index in [1.807, 2.05) is 0 Å². The van der Waals surface area contributed by atoms with Crippen molar-refractivity contribution >= 4 is 11.8 Å². The maximum atomic E-state index is 2.35. The molecule has 0 saturated heterocycles. The second-order valence-corrected chi connectivity index (χ2v) is 10.6. The molecule has 0 amide bonds. The monoisotopic (exact) mass is 396 g/mol. The first-order valence-electron chi connectivity index (χ1n) is 13.0. The van der Waals surface area contributed by atoms with Crippen LogP contribution in [0.2, 0.25) is 0 Å². The molecule has 0 bridgehead atoms. The predicted octanol–water partition coefficient (Wildman–Crippen LogP) is 9.95. The normalized spacial score (nSPS) is 16.7. The lowest BCUT2D eigenvalue weighted by Crippen LogP contribution is -2.12. The van der Waals surface area contributed by atoms with Crippen LogP contribution in [-0.4, -0.2) is 11.0 Å². The Balaban J connectivity index is 2.12. The molecule has 1 fully saturated rings. The van der Waals surface area contributed by atoms with E-state index in [0.29, 0.717) is 0 Å². The van der Waals surface area contributed by atoms with Gasteiger partial charge in [0.05, 0.1) is 0 Å². The van der Waals surface area contributed by atoms with Gasteiger partial charge in [0.2, 0.25) is 0 Å². The van der Waals surface area contributed by atoms with Gasteiger partial charge in [-0.2, -0.15) is 11.8 Å². The fraction of sp³-hybridized carbons (Fsp3) is 1.00. The molecule has 0 N–H and O–H groups in total. The minimum absolute atomic E-state index is 1.00. The topological polar surface area (TPSA) is 0 Å². The van der Waals surface area contributed by atoms with Crippen LogP contribution in [-0.2, 0) is 0 Å². The average molecular weight is 397 g/mol. The highest BCUT2D eigenvalue weighted by Gasteiger charge is 2.16. The van der Waals surface area contributed by atoms with Crippen molar-refractivity contribution in [2.24, 2.45) is 5.92 Å². The van der Waals surface area contributed by atoms with Crippen LogP contribution >= 0.6 is 11.8 Å². The molecule has 0 heterocycles. The SMILES string of the molecule is CCCCCCCCCCC(CCCCCCCC)CSC1CCCCC1. The van der Waals surface area contributed by atoms with E-state index in [2.05, 4.69) is 25.6 Å². The Hall–Kier alpha value is 0.350. The zero-order valence-corrected chi connectivity index (χ0v) is 19.9. The molecule has 1 heteroatoms. The molecular weight excluding hydrogens is 344 g/mol. The van der Waals surface area contributed by atoms with Crippen molar-refractivity contribution in [3.63, 3.8) is 0 Å². The number of unbranched alkanes of at least 4 members (excludes halogenated alkanes) is 12. The van der Waals surface area contributed by atoms with Crippen molar-refractivity contribution in [1.29, 1.82) is 0 Å². The second kappa shape index (κ2) is 19.7. The molecule has 0 radical (unpaired) electrons. The van der Waals surface area contributed by atoms with Crippen LogP contribution in [0, 0.1) is 5.92 Å². The third kappa shape index (κ3) is 15.9. The van der Waals surface area contributed by atoms with Crippen molar-refractivity contribution in [2.75, 3.05) is 5.75 Å². The molecule has 1 rings (SSSR count). The van der Waals surface area contributed by atoms with Gasteiger partial charge in [0, 0.05) is 5.25 Å². The summed E-state index contributed by atoms with van der Waals surface area (Å²) in [7, 11) is 0. The summed E-state index contributed by atoms with van der Waals surface area (Å²) in [6.07, 6.45) is 31.0. The van der Waals surface area contributed by atoms with Gasteiger partial charge in [0.1, 0.15) is 0 Å². The van der Waals surface area contributed by atoms with E-state index in [4.69, 9.17) is 0 Å². The quantitative estimate of drug-likeness (QED) is 0.196. The summed E-state index contributed by atoms with van der Waals surface area (Å²) in [5.41, 5.74) is 0. The Morgan fingerprint density at radius 1 is 0.593 bits per heavy atom. The second-order valence-electron chi connectivity index (χ2n) is 9.28. The Labute approximate surface area is 177 Å². The van der Waals surface area contributed by atoms with Gasteiger partial charge in [0.25, 0.3) is 0 Å². The Morgan fingerprint density at radius 3 is 1.52 bits per heavy atom. The van der Waals surface area contributed by atoms with Gasteiger partial charge >= 0.3 is 0 Å². The fourth-order valence-corrected chi connectivity index (χ4v) is 6.14. The lowest BCUT2D eigenvalue weighted by Gasteiger charge is -2.24. The van der Waals surface area contributed by atoms with Crippen LogP contribution in [0.1, 0.15) is 149 Å². The van der Waals surface area contributed by atoms with Crippen molar-refractivity contribution in [1.82, 2.24) is 0 Å². The molecule has 1 aliphatic carbocycles. The van der Waals surface area contributed by atoms with Crippen LogP contribution in [0.5, 0.6) is 0 Å². The van der Waals surface area contributed by atoms with Crippen LogP contribution in [0.15, 0.2) is 0 Å². The van der Waals surface area contributed by atoms with Crippen molar-refractivity contribution in [3.8, 4) is 0 Å². The minimum Gasteiger partial charge on any atom is -0.158 e. The van der Waals surface area contributed by atoms with Crippen molar-refractivity contribution in [3.05, 3.63) is 0 Å². The van der Waals surface area contributed by atoms with Gasteiger partial charge in [-0.25, -0.2) is 0 Å². The van der Waals surface area contributed by atoms with E-state index in [-0.39, 0.29) is 0 Å².